The molecular formula is C15H15NO4. The molecule has 0 heterocycles. The molecule has 3 atom stereocenters. The predicted octanol–water partition coefficient (Wildman–Crippen LogP) is 2.85. The maximum atomic E-state index is 12.0. The Morgan fingerprint density at radius 1 is 1.25 bits per heavy atom. The molecule has 1 aromatic rings. The molecule has 2 bridgehead atoms. The molecule has 104 valence electrons. The Morgan fingerprint density at radius 3 is 2.55 bits per heavy atom. The standard InChI is InChI=1S/C15H15NO4/c17-15(14-8-11-1-4-12(14)7-11)20-9-10-2-5-13(6-3-10)16(18)19/h1-6,11-12,14H,7-9H2/t11-,12-,14-/m0/s1. The molecule has 0 spiro atoms. The number of esters is 1. The van der Waals surface area contributed by atoms with Gasteiger partial charge in [-0.2, -0.15) is 0 Å². The first-order valence-electron chi connectivity index (χ1n) is 6.72. The molecule has 0 amide bonds. The lowest BCUT2D eigenvalue weighted by atomic mass is 9.94. The zero-order valence-corrected chi connectivity index (χ0v) is 10.9. The monoisotopic (exact) mass is 273 g/mol. The molecule has 5 nitrogen and oxygen atoms in total. The summed E-state index contributed by atoms with van der Waals surface area (Å²) in [4.78, 5) is 22.1. The number of nitro groups is 1. The van der Waals surface area contributed by atoms with Crippen molar-refractivity contribution in [3.05, 3.63) is 52.1 Å². The molecule has 2 aliphatic carbocycles. The summed E-state index contributed by atoms with van der Waals surface area (Å²) >= 11 is 0. The fraction of sp³-hybridized carbons (Fsp3) is 0.400. The Morgan fingerprint density at radius 2 is 2.00 bits per heavy atom. The van der Waals surface area contributed by atoms with E-state index in [1.54, 1.807) is 12.1 Å². The average Bonchev–Trinajstić information content (AvgIpc) is 3.08. The van der Waals surface area contributed by atoms with Crippen molar-refractivity contribution >= 4 is 11.7 Å². The summed E-state index contributed by atoms with van der Waals surface area (Å²) in [6.45, 7) is 0.175. The van der Waals surface area contributed by atoms with Gasteiger partial charge < -0.3 is 4.74 Å². The van der Waals surface area contributed by atoms with Crippen LogP contribution in [0.2, 0.25) is 0 Å². The van der Waals surface area contributed by atoms with Crippen molar-refractivity contribution in [3.63, 3.8) is 0 Å². The predicted molar refractivity (Wildman–Crippen MR) is 71.7 cm³/mol. The van der Waals surface area contributed by atoms with Crippen LogP contribution in [0.4, 0.5) is 5.69 Å². The Kier molecular flexibility index (Phi) is 3.26. The highest BCUT2D eigenvalue weighted by Crippen LogP contribution is 2.43. The van der Waals surface area contributed by atoms with Crippen molar-refractivity contribution in [3.8, 4) is 0 Å². The number of non-ortho nitro benzene ring substituents is 1. The minimum absolute atomic E-state index is 0.0111. The molecule has 0 unspecified atom stereocenters. The highest BCUT2D eigenvalue weighted by Gasteiger charge is 2.40. The Bertz CT molecular complexity index is 564. The largest absolute Gasteiger partial charge is 0.461 e. The van der Waals surface area contributed by atoms with Crippen LogP contribution in [0.3, 0.4) is 0 Å². The Labute approximate surface area is 116 Å². The van der Waals surface area contributed by atoms with E-state index in [4.69, 9.17) is 4.74 Å². The summed E-state index contributed by atoms with van der Waals surface area (Å²) in [5, 5.41) is 10.5. The summed E-state index contributed by atoms with van der Waals surface area (Å²) < 4.78 is 5.32. The van der Waals surface area contributed by atoms with Crippen molar-refractivity contribution < 1.29 is 14.5 Å². The van der Waals surface area contributed by atoms with Crippen molar-refractivity contribution in [2.45, 2.75) is 19.4 Å². The lowest BCUT2D eigenvalue weighted by Crippen LogP contribution is -2.21. The molecule has 20 heavy (non-hydrogen) atoms. The van der Waals surface area contributed by atoms with E-state index in [0.29, 0.717) is 11.8 Å². The molecule has 0 N–H and O–H groups in total. The molecular weight excluding hydrogens is 258 g/mol. The minimum Gasteiger partial charge on any atom is -0.461 e. The van der Waals surface area contributed by atoms with Gasteiger partial charge >= 0.3 is 5.97 Å². The van der Waals surface area contributed by atoms with Gasteiger partial charge in [0.25, 0.3) is 5.69 Å². The van der Waals surface area contributed by atoms with Gasteiger partial charge in [0.15, 0.2) is 0 Å². The molecule has 1 aromatic carbocycles. The normalized spacial score (nSPS) is 26.7. The van der Waals surface area contributed by atoms with E-state index in [9.17, 15) is 14.9 Å². The van der Waals surface area contributed by atoms with Crippen LogP contribution in [0.1, 0.15) is 18.4 Å². The number of hydrogen-bond acceptors (Lipinski definition) is 4. The van der Waals surface area contributed by atoms with Crippen LogP contribution in [0.25, 0.3) is 0 Å². The van der Waals surface area contributed by atoms with E-state index in [1.165, 1.54) is 12.1 Å². The van der Waals surface area contributed by atoms with Crippen molar-refractivity contribution in [2.75, 3.05) is 0 Å². The number of nitrogens with zero attached hydrogens (tertiary/aromatic N) is 1. The molecule has 0 saturated heterocycles. The first kappa shape index (κ1) is 12.8. The first-order valence-corrected chi connectivity index (χ1v) is 6.72. The van der Waals surface area contributed by atoms with E-state index in [-0.39, 0.29) is 24.2 Å². The van der Waals surface area contributed by atoms with Crippen molar-refractivity contribution in [1.82, 2.24) is 0 Å². The molecule has 0 aliphatic heterocycles. The summed E-state index contributed by atoms with van der Waals surface area (Å²) in [5.41, 5.74) is 0.806. The number of ether oxygens (including phenoxy) is 1. The van der Waals surface area contributed by atoms with Crippen molar-refractivity contribution in [2.24, 2.45) is 17.8 Å². The highest BCUT2D eigenvalue weighted by molar-refractivity contribution is 5.74. The smallest absolute Gasteiger partial charge is 0.309 e. The second-order valence-corrected chi connectivity index (χ2v) is 5.42. The highest BCUT2D eigenvalue weighted by atomic mass is 16.6. The summed E-state index contributed by atoms with van der Waals surface area (Å²) in [6.07, 6.45) is 6.26. The molecule has 0 radical (unpaired) electrons. The minimum atomic E-state index is -0.447. The zero-order valence-electron chi connectivity index (χ0n) is 10.9. The van der Waals surface area contributed by atoms with Gasteiger partial charge in [-0.1, -0.05) is 12.2 Å². The number of carbonyl (C=O) groups excluding carboxylic acids is 1. The number of benzene rings is 1. The maximum Gasteiger partial charge on any atom is 0.309 e. The average molecular weight is 273 g/mol. The SMILES string of the molecule is O=C(OCc1ccc([N+](=O)[O-])cc1)[C@H]1C[C@H]2C=C[C@H]1C2. The number of carbonyl (C=O) groups is 1. The lowest BCUT2D eigenvalue weighted by molar-refractivity contribution is -0.384. The van der Waals surface area contributed by atoms with Crippen LogP contribution in [-0.4, -0.2) is 10.9 Å². The fourth-order valence-electron chi connectivity index (χ4n) is 3.03. The van der Waals surface area contributed by atoms with Gasteiger partial charge in [0.1, 0.15) is 6.61 Å². The Balaban J connectivity index is 1.55. The van der Waals surface area contributed by atoms with Gasteiger partial charge in [-0.25, -0.2) is 0 Å². The van der Waals surface area contributed by atoms with E-state index >= 15 is 0 Å². The third kappa shape index (κ3) is 2.43. The van der Waals surface area contributed by atoms with Gasteiger partial charge in [0, 0.05) is 12.1 Å². The first-order chi connectivity index (χ1) is 9.63. The van der Waals surface area contributed by atoms with Crippen LogP contribution in [0.15, 0.2) is 36.4 Å². The van der Waals surface area contributed by atoms with Crippen LogP contribution < -0.4 is 0 Å². The van der Waals surface area contributed by atoms with E-state index in [0.717, 1.165) is 18.4 Å². The number of allylic oxidation sites excluding steroid dienone is 2. The van der Waals surface area contributed by atoms with Gasteiger partial charge in [-0.05, 0) is 42.4 Å². The topological polar surface area (TPSA) is 69.4 Å². The Hall–Kier alpha value is -2.17. The van der Waals surface area contributed by atoms with E-state index < -0.39 is 4.92 Å². The molecule has 1 saturated carbocycles. The van der Waals surface area contributed by atoms with Gasteiger partial charge in [0.05, 0.1) is 10.8 Å². The van der Waals surface area contributed by atoms with E-state index in [1.807, 2.05) is 0 Å². The van der Waals surface area contributed by atoms with Crippen LogP contribution >= 0.6 is 0 Å². The lowest BCUT2D eigenvalue weighted by Gasteiger charge is -2.16. The third-order valence-electron chi connectivity index (χ3n) is 4.11. The van der Waals surface area contributed by atoms with Gasteiger partial charge in [-0.3, -0.25) is 14.9 Å². The van der Waals surface area contributed by atoms with Crippen LogP contribution in [0, 0.1) is 27.9 Å². The molecule has 5 heteroatoms. The number of fused-ring (bicyclic) bond motifs is 2. The number of rotatable bonds is 4. The number of hydrogen-bond donors (Lipinski definition) is 0. The zero-order chi connectivity index (χ0) is 14.1. The number of nitro benzene ring substituents is 1. The molecule has 1 fully saturated rings. The fourth-order valence-corrected chi connectivity index (χ4v) is 3.03. The molecule has 2 aliphatic rings. The quantitative estimate of drug-likeness (QED) is 0.366. The second kappa shape index (κ2) is 5.07. The van der Waals surface area contributed by atoms with E-state index in [2.05, 4.69) is 12.2 Å². The summed E-state index contributed by atoms with van der Waals surface area (Å²) in [5.74, 6) is 0.713. The molecule has 3 rings (SSSR count). The van der Waals surface area contributed by atoms with Crippen molar-refractivity contribution in [1.29, 1.82) is 0 Å². The van der Waals surface area contributed by atoms with Gasteiger partial charge in [-0.15, -0.1) is 0 Å². The van der Waals surface area contributed by atoms with Gasteiger partial charge in [0.2, 0.25) is 0 Å². The van der Waals surface area contributed by atoms with Crippen LogP contribution in [0.5, 0.6) is 0 Å². The molecule has 0 aromatic heterocycles. The maximum absolute atomic E-state index is 12.0. The third-order valence-corrected chi connectivity index (χ3v) is 4.11. The summed E-state index contributed by atoms with van der Waals surface area (Å²) in [7, 11) is 0. The van der Waals surface area contributed by atoms with Crippen LogP contribution in [-0.2, 0) is 16.1 Å². The second-order valence-electron chi connectivity index (χ2n) is 5.42. The summed E-state index contributed by atoms with van der Waals surface area (Å²) in [6, 6.07) is 6.07.